The number of halogens is 9. The van der Waals surface area contributed by atoms with Crippen LogP contribution >= 0.6 is 80.9 Å². The number of hydrogen-bond acceptors (Lipinski definition) is 17. The number of hydrogen-bond donors (Lipinski definition) is 0. The molecule has 0 spiro atoms. The number of likely N-dealkylation sites (N-methyl/N-ethyl adjacent to an activating group) is 1. The zero-order valence-corrected chi connectivity index (χ0v) is 86.8. The average molecular weight is 2080 g/mol. The molecule has 2 atom stereocenters. The van der Waals surface area contributed by atoms with Gasteiger partial charge in [-0.3, -0.25) is 34.0 Å². The molecule has 5 amide bonds. The maximum absolute atomic E-state index is 14.4. The maximum atomic E-state index is 14.4. The van der Waals surface area contributed by atoms with Crippen molar-refractivity contribution in [2.24, 2.45) is 21.8 Å². The molecule has 0 aliphatic carbocycles. The molecule has 0 fully saturated rings. The SMILES string of the molecule is CCCN1C(CN(C)C(=O)c2cc(Cl)ccc2Cl)=NC2C=CC=NC21.CCCn1c(CN(CCC(C)C)C(=O)c2cc(Cl)cc(Cl)c2)nc2cccnc21.CCCn1c(CN(CCC(C)C)C(=O)c2ccc(Cl)c(Cl)c2)nc2cccnc21.CCCn1c(CN(Cc2ccccc2)C(=O)c2c(F)ccc(F)c2F)nc2cccnc21.CCCn1c(CN(Cc2ccccc2)C(=O)c2ccsc2)nc2cccnc21. The number of thiophene rings is 1. The second-order valence-corrected chi connectivity index (χ2v) is 38.7. The number of amidine groups is 1. The number of aryl methyl sites for hydroxylation is 4. The number of benzene rings is 6. The van der Waals surface area contributed by atoms with E-state index in [1.165, 1.54) is 16.2 Å². The first kappa shape index (κ1) is 108. The van der Waals surface area contributed by atoms with Gasteiger partial charge in [-0.15, -0.1) is 0 Å². The van der Waals surface area contributed by atoms with Crippen molar-refractivity contribution in [3.63, 3.8) is 0 Å². The third-order valence-corrected chi connectivity index (χ3v) is 25.9. The zero-order chi connectivity index (χ0) is 102. The lowest BCUT2D eigenvalue weighted by atomic mass is 10.1. The quantitative estimate of drug-likeness (QED) is 0.0335. The van der Waals surface area contributed by atoms with E-state index in [2.05, 4.69) is 104 Å². The summed E-state index contributed by atoms with van der Waals surface area (Å²) in [6.07, 6.45) is 19.2. The van der Waals surface area contributed by atoms with Crippen LogP contribution in [0.1, 0.15) is 193 Å². The molecule has 11 heterocycles. The molecule has 15 aromatic rings. The standard InChI is InChI=1S/C24H21F3N4O.2C22H26Cl2N4O.C22H22N4OS.C18H20Cl2N4O/c1-2-13-31-20(29-19-9-6-12-28-23(19)31)15-30(14-16-7-4-3-5-8-16)24(32)21-17(25)10-11-18(26)22(21)27;1-4-11-28-20(26-19-6-5-10-25-21(19)28)14-27(12-9-15(2)3)22(29)16-7-8-17(23)18(24)13-16;1-4-9-28-20(26-19-6-5-8-25-21(19)28)14-27(10-7-15(2)3)22(29)16-11-17(23)13-18(24)12-16;1-2-12-26-20(24-19-9-6-11-23-21(19)26)15-25(14-17-7-4-3-5-8-17)22(27)18-10-13-28-16-18;1-3-9-24-16(22-15-5-4-8-21-17(15)24)11-23(2)18(25)13-10-12(19)6-7-14(13)20/h3-12H,2,13-15H2,1H3;5-8,10,13,15H,4,9,11-12,14H2,1-3H3;5-6,8,11-13,15H,4,7,9-10,14H2,1-3H3;3-11,13,16H,2,12,14-15H2,1H3;4-8,10,15,17H,3,9,11H2,1-2H3. The lowest BCUT2D eigenvalue weighted by Gasteiger charge is -2.29. The molecule has 746 valence electrons. The van der Waals surface area contributed by atoms with E-state index >= 15 is 0 Å². The normalized spacial score (nSPS) is 13.0. The van der Waals surface area contributed by atoms with Crippen molar-refractivity contribution < 1.29 is 37.1 Å². The summed E-state index contributed by atoms with van der Waals surface area (Å²) in [5, 5.41) is 6.43. The maximum Gasteiger partial charge on any atom is 0.260 e. The van der Waals surface area contributed by atoms with Gasteiger partial charge in [0.25, 0.3) is 29.5 Å². The lowest BCUT2D eigenvalue weighted by Crippen LogP contribution is -2.44. The summed E-state index contributed by atoms with van der Waals surface area (Å²) in [6, 6.07) is 52.4. The number of amides is 5. The van der Waals surface area contributed by atoms with Gasteiger partial charge in [0.15, 0.2) is 34.2 Å². The van der Waals surface area contributed by atoms with E-state index in [9.17, 15) is 37.1 Å². The van der Waals surface area contributed by atoms with Crippen LogP contribution in [-0.2, 0) is 65.4 Å². The first-order chi connectivity index (χ1) is 69.0. The number of imidazole rings is 4. The van der Waals surface area contributed by atoms with Crippen molar-refractivity contribution in [1.29, 1.82) is 0 Å². The Morgan fingerprint density at radius 3 is 1.29 bits per heavy atom. The Bertz CT molecular complexity index is 6960. The van der Waals surface area contributed by atoms with Crippen LogP contribution in [0.4, 0.5) is 13.2 Å². The van der Waals surface area contributed by atoms with Gasteiger partial charge in [0, 0.05) is 129 Å². The summed E-state index contributed by atoms with van der Waals surface area (Å²) < 4.78 is 50.9. The third kappa shape index (κ3) is 28.0. The van der Waals surface area contributed by atoms with Crippen molar-refractivity contribution in [3.05, 3.63) is 340 Å². The van der Waals surface area contributed by atoms with Crippen LogP contribution in [0.25, 0.3) is 44.7 Å². The van der Waals surface area contributed by atoms with Crippen molar-refractivity contribution in [2.45, 2.75) is 185 Å². The number of carbonyl (C=O) groups excluding carboxylic acids is 5. The summed E-state index contributed by atoms with van der Waals surface area (Å²) in [6.45, 7) is 26.5. The second kappa shape index (κ2) is 52.0. The van der Waals surface area contributed by atoms with Gasteiger partial charge in [-0.25, -0.2) is 53.0 Å². The number of aliphatic imine (C=N–C) groups is 2. The lowest BCUT2D eigenvalue weighted by molar-refractivity contribution is 0.0707. The van der Waals surface area contributed by atoms with Crippen LogP contribution < -0.4 is 0 Å². The van der Waals surface area contributed by atoms with Gasteiger partial charge in [0.05, 0.1) is 58.9 Å². The third-order valence-electron chi connectivity index (χ3n) is 23.5. The smallest absolute Gasteiger partial charge is 0.260 e. The molecular formula is C108H115Cl6F3N20O5S. The Kier molecular flexibility index (Phi) is 39.1. The molecule has 0 N–H and O–H groups in total. The molecule has 0 saturated carbocycles. The molecule has 6 aromatic carbocycles. The summed E-state index contributed by atoms with van der Waals surface area (Å²) in [7, 11) is 1.74. The highest BCUT2D eigenvalue weighted by Crippen LogP contribution is 2.32. The number of allylic oxidation sites excluding steroid dienone is 1. The highest BCUT2D eigenvalue weighted by atomic mass is 35.5. The highest BCUT2D eigenvalue weighted by Gasteiger charge is 2.37. The zero-order valence-electron chi connectivity index (χ0n) is 81.5. The first-order valence-electron chi connectivity index (χ1n) is 47.8. The van der Waals surface area contributed by atoms with Crippen molar-refractivity contribution in [3.8, 4) is 0 Å². The molecule has 2 aliphatic heterocycles. The Balaban J connectivity index is 0.000000150. The molecule has 17 rings (SSSR count). The van der Waals surface area contributed by atoms with Crippen LogP contribution in [0, 0.1) is 29.3 Å². The molecule has 35 heteroatoms. The van der Waals surface area contributed by atoms with E-state index in [1.807, 2.05) is 140 Å². The second-order valence-electron chi connectivity index (χ2n) is 35.3. The number of dihydropyridines is 1. The van der Waals surface area contributed by atoms with Crippen molar-refractivity contribution >= 4 is 167 Å². The largest absolute Gasteiger partial charge is 0.335 e. The van der Waals surface area contributed by atoms with E-state index in [0.29, 0.717) is 134 Å². The number of fused-ring (bicyclic) bond motifs is 5. The van der Waals surface area contributed by atoms with E-state index in [4.69, 9.17) is 89.5 Å². The molecule has 0 saturated heterocycles. The Morgan fingerprint density at radius 2 is 0.846 bits per heavy atom. The monoisotopic (exact) mass is 2070 g/mol. The van der Waals surface area contributed by atoms with Crippen molar-refractivity contribution in [2.75, 3.05) is 33.2 Å². The fourth-order valence-corrected chi connectivity index (χ4v) is 18.4. The topological polar surface area (TPSA) is 252 Å². The van der Waals surface area contributed by atoms with Gasteiger partial charge >= 0.3 is 0 Å². The first-order valence-corrected chi connectivity index (χ1v) is 51.0. The number of nitrogens with zero attached hydrogens (tertiary/aromatic N) is 20. The summed E-state index contributed by atoms with van der Waals surface area (Å²) in [5.74, 6) is -0.274. The summed E-state index contributed by atoms with van der Waals surface area (Å²) >= 11 is 38.1. The molecule has 143 heavy (non-hydrogen) atoms. The van der Waals surface area contributed by atoms with Crippen LogP contribution in [0.3, 0.4) is 0 Å². The average Bonchev–Trinajstić information content (AvgIpc) is 1.73. The van der Waals surface area contributed by atoms with E-state index in [-0.39, 0.29) is 48.9 Å². The summed E-state index contributed by atoms with van der Waals surface area (Å²) in [5.41, 5.74) is 9.54. The minimum atomic E-state index is -1.50. The highest BCUT2D eigenvalue weighted by molar-refractivity contribution is 7.08. The Labute approximate surface area is 865 Å². The van der Waals surface area contributed by atoms with E-state index < -0.39 is 28.9 Å². The van der Waals surface area contributed by atoms with Crippen LogP contribution in [0.5, 0.6) is 0 Å². The molecule has 2 unspecified atom stereocenters. The van der Waals surface area contributed by atoms with Gasteiger partial charge < -0.3 is 47.7 Å². The molecule has 0 bridgehead atoms. The van der Waals surface area contributed by atoms with Crippen molar-refractivity contribution in [1.82, 2.24) is 87.5 Å². The van der Waals surface area contributed by atoms with E-state index in [0.717, 1.165) is 151 Å². The summed E-state index contributed by atoms with van der Waals surface area (Å²) in [4.78, 5) is 122. The van der Waals surface area contributed by atoms with Gasteiger partial charge in [0.1, 0.15) is 74.8 Å². The molecule has 0 radical (unpaired) electrons. The molecule has 9 aromatic heterocycles. The van der Waals surface area contributed by atoms with Crippen LogP contribution in [0.2, 0.25) is 30.1 Å². The molecular weight excluding hydrogens is 1960 g/mol. The van der Waals surface area contributed by atoms with Gasteiger partial charge in [-0.1, -0.05) is 199 Å². The molecule has 25 nitrogen and oxygen atoms in total. The number of rotatable bonds is 35. The number of pyridine rings is 4. The minimum Gasteiger partial charge on any atom is -0.335 e. The number of carbonyl (C=O) groups is 5. The van der Waals surface area contributed by atoms with Gasteiger partial charge in [-0.05, 0) is 201 Å². The molecule has 2 aliphatic rings. The van der Waals surface area contributed by atoms with Crippen LogP contribution in [-0.4, -0.2) is 175 Å². The van der Waals surface area contributed by atoms with Gasteiger partial charge in [0.2, 0.25) is 0 Å². The number of aromatic nitrogens is 12. The Morgan fingerprint density at radius 1 is 0.413 bits per heavy atom. The minimum absolute atomic E-state index is 0.00166. The predicted molar refractivity (Wildman–Crippen MR) is 566 cm³/mol. The Hall–Kier alpha value is -12.7. The predicted octanol–water partition coefficient (Wildman–Crippen LogP) is 25.0. The fraction of sp³-hybridized carbons (Fsp3) is 0.324. The van der Waals surface area contributed by atoms with Crippen LogP contribution in [0.15, 0.2) is 240 Å². The van der Waals surface area contributed by atoms with E-state index in [1.54, 1.807) is 122 Å². The fourth-order valence-electron chi connectivity index (χ4n) is 16.5. The van der Waals surface area contributed by atoms with Gasteiger partial charge in [-0.2, -0.15) is 11.3 Å².